The van der Waals surface area contributed by atoms with Crippen molar-refractivity contribution >= 4 is 5.90 Å². The molecule has 2 nitrogen and oxygen atoms in total. The molecule has 0 radical (unpaired) electrons. The lowest BCUT2D eigenvalue weighted by Crippen LogP contribution is -2.09. The van der Waals surface area contributed by atoms with E-state index >= 15 is 0 Å². The minimum Gasteiger partial charge on any atom is -0.475 e. The van der Waals surface area contributed by atoms with Crippen LogP contribution in [0.3, 0.4) is 0 Å². The highest BCUT2D eigenvalue weighted by Gasteiger charge is 2.18. The van der Waals surface area contributed by atoms with Gasteiger partial charge in [-0.25, -0.2) is 4.99 Å². The molecule has 1 aliphatic heterocycles. The summed E-state index contributed by atoms with van der Waals surface area (Å²) >= 11 is 0. The fourth-order valence-electron chi connectivity index (χ4n) is 1.64. The van der Waals surface area contributed by atoms with Gasteiger partial charge in [0.05, 0.1) is 6.04 Å². The van der Waals surface area contributed by atoms with E-state index < -0.39 is 0 Å². The van der Waals surface area contributed by atoms with Crippen LogP contribution in [0, 0.1) is 0 Å². The first kappa shape index (κ1) is 9.97. The number of ether oxygens (including phenoxy) is 1. The van der Waals surface area contributed by atoms with E-state index in [9.17, 15) is 0 Å². The van der Waals surface area contributed by atoms with Gasteiger partial charge in [0.1, 0.15) is 6.61 Å². The third kappa shape index (κ3) is 2.46. The van der Waals surface area contributed by atoms with Crippen LogP contribution >= 0.6 is 0 Å². The molecule has 2 rings (SSSR count). The Hall–Kier alpha value is -1.57. The summed E-state index contributed by atoms with van der Waals surface area (Å²) < 4.78 is 5.45. The number of aliphatic imine (C=N–C) groups is 1. The van der Waals surface area contributed by atoms with Gasteiger partial charge in [0.15, 0.2) is 0 Å². The molecular weight excluding hydrogens is 186 g/mol. The topological polar surface area (TPSA) is 21.6 Å². The van der Waals surface area contributed by atoms with Crippen LogP contribution in [-0.2, 0) is 11.2 Å². The van der Waals surface area contributed by atoms with Crippen LogP contribution in [0.4, 0.5) is 0 Å². The summed E-state index contributed by atoms with van der Waals surface area (Å²) in [6.45, 7) is 6.42. The summed E-state index contributed by atoms with van der Waals surface area (Å²) in [6.07, 6.45) is 0.942. The normalized spacial score (nSPS) is 19.5. The first-order valence-electron chi connectivity index (χ1n) is 5.16. The molecule has 1 heterocycles. The monoisotopic (exact) mass is 201 g/mol. The maximum absolute atomic E-state index is 5.45. The second kappa shape index (κ2) is 4.30. The van der Waals surface area contributed by atoms with Crippen molar-refractivity contribution in [1.29, 1.82) is 0 Å². The van der Waals surface area contributed by atoms with Crippen LogP contribution in [0.15, 0.2) is 47.5 Å². The van der Waals surface area contributed by atoms with E-state index in [1.54, 1.807) is 0 Å². The van der Waals surface area contributed by atoms with Crippen LogP contribution in [0.25, 0.3) is 0 Å². The SMILES string of the molecule is C=C(C)C1=N[C@@H](Cc2ccccc2)CO1. The van der Waals surface area contributed by atoms with Crippen LogP contribution in [0.2, 0.25) is 0 Å². The van der Waals surface area contributed by atoms with Crippen molar-refractivity contribution in [3.05, 3.63) is 48.0 Å². The lowest BCUT2D eigenvalue weighted by atomic mass is 10.1. The summed E-state index contributed by atoms with van der Waals surface area (Å²) in [5.41, 5.74) is 2.21. The molecule has 1 aromatic carbocycles. The van der Waals surface area contributed by atoms with Gasteiger partial charge < -0.3 is 4.74 Å². The van der Waals surface area contributed by atoms with Crippen molar-refractivity contribution in [2.45, 2.75) is 19.4 Å². The fraction of sp³-hybridized carbons (Fsp3) is 0.308. The van der Waals surface area contributed by atoms with Crippen LogP contribution in [0.1, 0.15) is 12.5 Å². The Morgan fingerprint density at radius 1 is 1.47 bits per heavy atom. The van der Waals surface area contributed by atoms with Gasteiger partial charge in [0, 0.05) is 5.57 Å². The van der Waals surface area contributed by atoms with Gasteiger partial charge in [-0.3, -0.25) is 0 Å². The van der Waals surface area contributed by atoms with Gasteiger partial charge in [-0.15, -0.1) is 0 Å². The highest BCUT2D eigenvalue weighted by molar-refractivity contribution is 5.93. The minimum atomic E-state index is 0.249. The average Bonchev–Trinajstić information content (AvgIpc) is 2.68. The first-order valence-corrected chi connectivity index (χ1v) is 5.16. The van der Waals surface area contributed by atoms with E-state index in [1.807, 2.05) is 13.0 Å². The smallest absolute Gasteiger partial charge is 0.211 e. The zero-order valence-electron chi connectivity index (χ0n) is 8.94. The molecule has 1 aliphatic rings. The standard InChI is InChI=1S/C13H15NO/c1-10(2)13-14-12(9-15-13)8-11-6-4-3-5-7-11/h3-7,12H,1,8-9H2,2H3/t12-/m0/s1. The predicted octanol–water partition coefficient (Wildman–Crippen LogP) is 2.60. The molecule has 0 saturated carbocycles. The molecule has 0 aliphatic carbocycles. The summed E-state index contributed by atoms with van der Waals surface area (Å²) in [4.78, 5) is 4.48. The van der Waals surface area contributed by atoms with E-state index in [1.165, 1.54) is 5.56 Å². The molecule has 0 unspecified atom stereocenters. The second-order valence-corrected chi connectivity index (χ2v) is 3.87. The van der Waals surface area contributed by atoms with Gasteiger partial charge in [-0.05, 0) is 18.9 Å². The summed E-state index contributed by atoms with van der Waals surface area (Å²) in [6, 6.07) is 10.6. The number of nitrogens with zero attached hydrogens (tertiary/aromatic N) is 1. The van der Waals surface area contributed by atoms with Crippen molar-refractivity contribution in [2.24, 2.45) is 4.99 Å². The second-order valence-electron chi connectivity index (χ2n) is 3.87. The molecule has 2 heteroatoms. The van der Waals surface area contributed by atoms with Gasteiger partial charge in [0.2, 0.25) is 5.90 Å². The lowest BCUT2D eigenvalue weighted by molar-refractivity contribution is 0.316. The molecular formula is C13H15NO. The Bertz CT molecular complexity index is 381. The van der Waals surface area contributed by atoms with Gasteiger partial charge >= 0.3 is 0 Å². The van der Waals surface area contributed by atoms with Crippen molar-refractivity contribution in [1.82, 2.24) is 0 Å². The molecule has 15 heavy (non-hydrogen) atoms. The van der Waals surface area contributed by atoms with Crippen molar-refractivity contribution in [3.63, 3.8) is 0 Å². The Morgan fingerprint density at radius 3 is 2.80 bits per heavy atom. The molecule has 0 bridgehead atoms. The molecule has 0 spiro atoms. The summed E-state index contributed by atoms with van der Waals surface area (Å²) in [7, 11) is 0. The zero-order chi connectivity index (χ0) is 10.7. The molecule has 0 aromatic heterocycles. The van der Waals surface area contributed by atoms with E-state index in [-0.39, 0.29) is 6.04 Å². The van der Waals surface area contributed by atoms with Gasteiger partial charge in [-0.1, -0.05) is 36.9 Å². The van der Waals surface area contributed by atoms with Crippen LogP contribution in [-0.4, -0.2) is 18.5 Å². The maximum Gasteiger partial charge on any atom is 0.211 e. The lowest BCUT2D eigenvalue weighted by Gasteiger charge is -2.03. The largest absolute Gasteiger partial charge is 0.475 e. The maximum atomic E-state index is 5.45. The van der Waals surface area contributed by atoms with Crippen molar-refractivity contribution < 1.29 is 4.74 Å². The fourth-order valence-corrected chi connectivity index (χ4v) is 1.64. The number of hydrogen-bond acceptors (Lipinski definition) is 2. The zero-order valence-corrected chi connectivity index (χ0v) is 8.94. The number of benzene rings is 1. The van der Waals surface area contributed by atoms with Crippen molar-refractivity contribution in [2.75, 3.05) is 6.61 Å². The minimum absolute atomic E-state index is 0.249. The highest BCUT2D eigenvalue weighted by Crippen LogP contribution is 2.14. The van der Waals surface area contributed by atoms with Gasteiger partial charge in [-0.2, -0.15) is 0 Å². The molecule has 1 atom stereocenters. The van der Waals surface area contributed by atoms with Crippen molar-refractivity contribution in [3.8, 4) is 0 Å². The Morgan fingerprint density at radius 2 is 2.20 bits per heavy atom. The average molecular weight is 201 g/mol. The molecule has 0 amide bonds. The Balaban J connectivity index is 2.01. The summed E-state index contributed by atoms with van der Waals surface area (Å²) in [5, 5.41) is 0. The molecule has 78 valence electrons. The third-order valence-electron chi connectivity index (χ3n) is 2.39. The van der Waals surface area contributed by atoms with Crippen LogP contribution in [0.5, 0.6) is 0 Å². The van der Waals surface area contributed by atoms with Gasteiger partial charge in [0.25, 0.3) is 0 Å². The van der Waals surface area contributed by atoms with E-state index in [0.29, 0.717) is 6.61 Å². The quantitative estimate of drug-likeness (QED) is 0.736. The van der Waals surface area contributed by atoms with E-state index in [4.69, 9.17) is 4.74 Å². The van der Waals surface area contributed by atoms with Crippen LogP contribution < -0.4 is 0 Å². The molecule has 0 fully saturated rings. The third-order valence-corrected chi connectivity index (χ3v) is 2.39. The highest BCUT2D eigenvalue weighted by atomic mass is 16.5. The molecule has 0 N–H and O–H groups in total. The number of hydrogen-bond donors (Lipinski definition) is 0. The number of rotatable bonds is 3. The Kier molecular flexibility index (Phi) is 2.86. The Labute approximate surface area is 90.3 Å². The molecule has 0 saturated heterocycles. The predicted molar refractivity (Wildman–Crippen MR) is 62.1 cm³/mol. The first-order chi connectivity index (χ1) is 7.25. The summed E-state index contributed by atoms with van der Waals surface area (Å²) in [5.74, 6) is 0.718. The van der Waals surface area contributed by atoms with E-state index in [0.717, 1.165) is 17.9 Å². The van der Waals surface area contributed by atoms with E-state index in [2.05, 4.69) is 35.8 Å². The molecule has 1 aromatic rings.